The molecule has 7 heteroatoms. The molecule has 0 spiro atoms. The SMILES string of the molecule is COC(=O)CC1(CSc2ccc(C(N)=O)nn2)CC1. The van der Waals surface area contributed by atoms with Crippen molar-refractivity contribution in [2.24, 2.45) is 11.1 Å². The van der Waals surface area contributed by atoms with Crippen LogP contribution in [0.5, 0.6) is 0 Å². The summed E-state index contributed by atoms with van der Waals surface area (Å²) in [6.07, 6.45) is 2.51. The summed E-state index contributed by atoms with van der Waals surface area (Å²) in [6.45, 7) is 0. The van der Waals surface area contributed by atoms with Gasteiger partial charge in [-0.1, -0.05) is 0 Å². The van der Waals surface area contributed by atoms with Gasteiger partial charge in [-0.25, -0.2) is 0 Å². The molecule has 0 aliphatic heterocycles. The molecular formula is C12H15N3O3S. The molecule has 1 fully saturated rings. The molecule has 0 radical (unpaired) electrons. The third kappa shape index (κ3) is 3.66. The van der Waals surface area contributed by atoms with Crippen LogP contribution in [0.15, 0.2) is 17.2 Å². The third-order valence-corrected chi connectivity index (χ3v) is 4.39. The summed E-state index contributed by atoms with van der Waals surface area (Å²) < 4.78 is 4.69. The van der Waals surface area contributed by atoms with Crippen molar-refractivity contribution in [1.82, 2.24) is 10.2 Å². The van der Waals surface area contributed by atoms with Gasteiger partial charge in [-0.3, -0.25) is 9.59 Å². The monoisotopic (exact) mass is 281 g/mol. The number of carbonyl (C=O) groups excluding carboxylic acids is 2. The van der Waals surface area contributed by atoms with E-state index in [1.807, 2.05) is 0 Å². The first-order chi connectivity index (χ1) is 9.04. The van der Waals surface area contributed by atoms with Crippen LogP contribution in [-0.4, -0.2) is 34.9 Å². The summed E-state index contributed by atoms with van der Waals surface area (Å²) in [5.41, 5.74) is 5.28. The molecule has 1 heterocycles. The minimum absolute atomic E-state index is 0.0435. The molecule has 1 aromatic rings. The quantitative estimate of drug-likeness (QED) is 0.617. The summed E-state index contributed by atoms with van der Waals surface area (Å²) in [7, 11) is 1.40. The Morgan fingerprint density at radius 3 is 2.63 bits per heavy atom. The highest BCUT2D eigenvalue weighted by Crippen LogP contribution is 2.51. The Bertz CT molecular complexity index is 485. The van der Waals surface area contributed by atoms with E-state index in [4.69, 9.17) is 10.5 Å². The number of amides is 1. The molecule has 1 saturated carbocycles. The Morgan fingerprint density at radius 2 is 2.16 bits per heavy atom. The molecule has 1 amide bonds. The van der Waals surface area contributed by atoms with Gasteiger partial charge in [-0.15, -0.1) is 22.0 Å². The average Bonchev–Trinajstić information content (AvgIpc) is 3.17. The van der Waals surface area contributed by atoms with Crippen molar-refractivity contribution in [3.05, 3.63) is 17.8 Å². The second-order valence-corrected chi connectivity index (χ2v) is 5.66. The first-order valence-electron chi connectivity index (χ1n) is 5.88. The summed E-state index contributed by atoms with van der Waals surface area (Å²) in [6, 6.07) is 3.27. The maximum Gasteiger partial charge on any atom is 0.306 e. The van der Waals surface area contributed by atoms with E-state index in [9.17, 15) is 9.59 Å². The second-order valence-electron chi connectivity index (χ2n) is 4.66. The summed E-state index contributed by atoms with van der Waals surface area (Å²) in [4.78, 5) is 22.1. The Balaban J connectivity index is 1.88. The van der Waals surface area contributed by atoms with Gasteiger partial charge in [-0.05, 0) is 30.4 Å². The minimum atomic E-state index is -0.589. The minimum Gasteiger partial charge on any atom is -0.469 e. The fourth-order valence-electron chi connectivity index (χ4n) is 1.68. The van der Waals surface area contributed by atoms with Crippen LogP contribution in [0.25, 0.3) is 0 Å². The van der Waals surface area contributed by atoms with Gasteiger partial charge >= 0.3 is 5.97 Å². The van der Waals surface area contributed by atoms with Crippen LogP contribution < -0.4 is 5.73 Å². The normalized spacial score (nSPS) is 15.8. The highest BCUT2D eigenvalue weighted by atomic mass is 32.2. The molecule has 2 rings (SSSR count). The fourth-order valence-corrected chi connectivity index (χ4v) is 2.79. The van der Waals surface area contributed by atoms with Crippen molar-refractivity contribution in [2.75, 3.05) is 12.9 Å². The number of rotatable bonds is 6. The van der Waals surface area contributed by atoms with E-state index in [0.717, 1.165) is 23.6 Å². The number of esters is 1. The zero-order valence-electron chi connectivity index (χ0n) is 10.6. The smallest absolute Gasteiger partial charge is 0.306 e. The van der Waals surface area contributed by atoms with E-state index in [1.165, 1.54) is 18.9 Å². The van der Waals surface area contributed by atoms with Gasteiger partial charge in [0.15, 0.2) is 5.69 Å². The number of hydrogen-bond acceptors (Lipinski definition) is 6. The van der Waals surface area contributed by atoms with Crippen LogP contribution >= 0.6 is 11.8 Å². The van der Waals surface area contributed by atoms with E-state index in [1.54, 1.807) is 12.1 Å². The number of nitrogens with zero attached hydrogens (tertiary/aromatic N) is 2. The zero-order valence-corrected chi connectivity index (χ0v) is 11.4. The van der Waals surface area contributed by atoms with Gasteiger partial charge in [0.05, 0.1) is 13.5 Å². The molecule has 0 unspecified atom stereocenters. The van der Waals surface area contributed by atoms with Crippen LogP contribution in [0, 0.1) is 5.41 Å². The maximum absolute atomic E-state index is 11.3. The predicted octanol–water partition coefficient (Wildman–Crippen LogP) is 1.01. The van der Waals surface area contributed by atoms with Gasteiger partial charge in [0.2, 0.25) is 0 Å². The first-order valence-corrected chi connectivity index (χ1v) is 6.86. The molecule has 0 bridgehead atoms. The lowest BCUT2D eigenvalue weighted by Crippen LogP contribution is -2.14. The van der Waals surface area contributed by atoms with Crippen LogP contribution in [0.2, 0.25) is 0 Å². The number of methoxy groups -OCH3 is 1. The number of carbonyl (C=O) groups is 2. The van der Waals surface area contributed by atoms with Crippen molar-refractivity contribution in [3.63, 3.8) is 0 Å². The largest absolute Gasteiger partial charge is 0.469 e. The highest BCUT2D eigenvalue weighted by molar-refractivity contribution is 7.99. The molecule has 102 valence electrons. The lowest BCUT2D eigenvalue weighted by atomic mass is 10.1. The first kappa shape index (κ1) is 13.8. The van der Waals surface area contributed by atoms with Gasteiger partial charge in [0, 0.05) is 5.75 Å². The van der Waals surface area contributed by atoms with Crippen molar-refractivity contribution in [2.45, 2.75) is 24.3 Å². The molecule has 1 aliphatic carbocycles. The summed E-state index contributed by atoms with van der Waals surface area (Å²) in [5.74, 6) is 0.0360. The Hall–Kier alpha value is -1.63. The Kier molecular flexibility index (Phi) is 4.04. The predicted molar refractivity (Wildman–Crippen MR) is 69.6 cm³/mol. The van der Waals surface area contributed by atoms with Crippen LogP contribution in [0.1, 0.15) is 29.8 Å². The second kappa shape index (κ2) is 5.56. The lowest BCUT2D eigenvalue weighted by Gasteiger charge is -2.12. The van der Waals surface area contributed by atoms with Gasteiger partial charge in [0.25, 0.3) is 5.91 Å². The molecule has 1 aromatic heterocycles. The molecular weight excluding hydrogens is 266 g/mol. The van der Waals surface area contributed by atoms with Crippen molar-refractivity contribution in [1.29, 1.82) is 0 Å². The fraction of sp³-hybridized carbons (Fsp3) is 0.500. The number of nitrogens with two attached hydrogens (primary N) is 1. The molecule has 0 saturated heterocycles. The lowest BCUT2D eigenvalue weighted by molar-refractivity contribution is -0.141. The zero-order chi connectivity index (χ0) is 13.9. The van der Waals surface area contributed by atoms with E-state index >= 15 is 0 Å². The van der Waals surface area contributed by atoms with Crippen molar-refractivity contribution >= 4 is 23.6 Å². The highest BCUT2D eigenvalue weighted by Gasteiger charge is 2.44. The Morgan fingerprint density at radius 1 is 1.42 bits per heavy atom. The Labute approximate surface area is 115 Å². The van der Waals surface area contributed by atoms with Crippen molar-refractivity contribution < 1.29 is 14.3 Å². The maximum atomic E-state index is 11.3. The summed E-state index contributed by atoms with van der Waals surface area (Å²) >= 11 is 1.53. The van der Waals surface area contributed by atoms with Crippen LogP contribution in [0.3, 0.4) is 0 Å². The standard InChI is InChI=1S/C12H15N3O3S/c1-18-10(16)6-12(4-5-12)7-19-9-3-2-8(11(13)17)14-15-9/h2-3H,4-7H2,1H3,(H2,13,17). The van der Waals surface area contributed by atoms with E-state index in [0.29, 0.717) is 6.42 Å². The van der Waals surface area contributed by atoms with Gasteiger partial charge < -0.3 is 10.5 Å². The van der Waals surface area contributed by atoms with Crippen LogP contribution in [-0.2, 0) is 9.53 Å². The average molecular weight is 281 g/mol. The van der Waals surface area contributed by atoms with E-state index in [-0.39, 0.29) is 17.1 Å². The number of ether oxygens (including phenoxy) is 1. The topological polar surface area (TPSA) is 95.2 Å². The molecule has 2 N–H and O–H groups in total. The van der Waals surface area contributed by atoms with Crippen molar-refractivity contribution in [3.8, 4) is 0 Å². The van der Waals surface area contributed by atoms with Crippen LogP contribution in [0.4, 0.5) is 0 Å². The number of hydrogen-bond donors (Lipinski definition) is 1. The van der Waals surface area contributed by atoms with Gasteiger partial charge in [0.1, 0.15) is 5.03 Å². The molecule has 0 aromatic carbocycles. The molecule has 0 atom stereocenters. The van der Waals surface area contributed by atoms with Gasteiger partial charge in [-0.2, -0.15) is 0 Å². The number of aromatic nitrogens is 2. The molecule has 19 heavy (non-hydrogen) atoms. The van der Waals surface area contributed by atoms with E-state index < -0.39 is 5.91 Å². The van der Waals surface area contributed by atoms with E-state index in [2.05, 4.69) is 10.2 Å². The third-order valence-electron chi connectivity index (χ3n) is 3.12. The molecule has 1 aliphatic rings. The summed E-state index contributed by atoms with van der Waals surface area (Å²) in [5, 5.41) is 8.39. The number of primary amides is 1. The number of thioether (sulfide) groups is 1. The molecule has 6 nitrogen and oxygen atoms in total.